The van der Waals surface area contributed by atoms with E-state index in [4.69, 9.17) is 16.0 Å². The van der Waals surface area contributed by atoms with E-state index in [0.29, 0.717) is 18.1 Å². The first-order valence-corrected chi connectivity index (χ1v) is 9.57. The van der Waals surface area contributed by atoms with Crippen molar-refractivity contribution in [2.45, 2.75) is 17.4 Å². The number of aliphatic hydroxyl groups excluding tert-OH is 1. The number of fused-ring (bicyclic) bond motifs is 1. The molecule has 2 N–H and O–H groups in total. The summed E-state index contributed by atoms with van der Waals surface area (Å²) in [5.74, 6) is 1.72. The third kappa shape index (κ3) is 3.23. The van der Waals surface area contributed by atoms with E-state index in [1.807, 2.05) is 12.3 Å². The molecule has 4 heterocycles. The molecule has 1 fully saturated rings. The standard InChI is InChI=1S/C17H15ClN6O2S/c18-17-20-7-14(26-17)16-19-8-15(22-16)24-13-2-1-12(5-10(13)6-21-24)27-23-4-3-11(25)9-23/h1-2,5-8,11,25H,3-4,9H2,(H,19,22). The van der Waals surface area contributed by atoms with Crippen molar-refractivity contribution in [3.8, 4) is 17.4 Å². The molecule has 5 rings (SSSR count). The molecule has 0 aliphatic carbocycles. The van der Waals surface area contributed by atoms with Crippen LogP contribution in [-0.4, -0.2) is 53.3 Å². The third-order valence-electron chi connectivity index (χ3n) is 4.40. The summed E-state index contributed by atoms with van der Waals surface area (Å²) in [4.78, 5) is 12.5. The highest BCUT2D eigenvalue weighted by Crippen LogP contribution is 2.30. The zero-order valence-electron chi connectivity index (χ0n) is 14.0. The lowest BCUT2D eigenvalue weighted by Gasteiger charge is -2.13. The van der Waals surface area contributed by atoms with Crippen LogP contribution in [-0.2, 0) is 0 Å². The molecule has 0 saturated carbocycles. The molecular weight excluding hydrogens is 388 g/mol. The quantitative estimate of drug-likeness (QED) is 0.506. The Kier molecular flexibility index (Phi) is 4.16. The van der Waals surface area contributed by atoms with Crippen LogP contribution in [0.3, 0.4) is 0 Å². The molecule has 0 bridgehead atoms. The van der Waals surface area contributed by atoms with Crippen LogP contribution in [0.2, 0.25) is 5.35 Å². The summed E-state index contributed by atoms with van der Waals surface area (Å²) in [7, 11) is 0. The van der Waals surface area contributed by atoms with Gasteiger partial charge in [-0.15, -0.1) is 0 Å². The topological polar surface area (TPSA) is 96.0 Å². The number of H-pyrrole nitrogens is 1. The van der Waals surface area contributed by atoms with Gasteiger partial charge in [-0.2, -0.15) is 5.10 Å². The van der Waals surface area contributed by atoms with Crippen molar-refractivity contribution in [1.29, 1.82) is 0 Å². The molecule has 138 valence electrons. The molecule has 1 aliphatic heterocycles. The van der Waals surface area contributed by atoms with Crippen molar-refractivity contribution in [3.05, 3.63) is 42.1 Å². The summed E-state index contributed by atoms with van der Waals surface area (Å²) in [5, 5.41) is 15.2. The van der Waals surface area contributed by atoms with E-state index < -0.39 is 0 Å². The first kappa shape index (κ1) is 16.8. The molecule has 3 aromatic heterocycles. The maximum Gasteiger partial charge on any atom is 0.292 e. The van der Waals surface area contributed by atoms with Crippen molar-refractivity contribution < 1.29 is 9.52 Å². The van der Waals surface area contributed by atoms with E-state index in [9.17, 15) is 5.11 Å². The van der Waals surface area contributed by atoms with Gasteiger partial charge >= 0.3 is 0 Å². The average molecular weight is 403 g/mol. The molecule has 8 nitrogen and oxygen atoms in total. The maximum atomic E-state index is 9.67. The van der Waals surface area contributed by atoms with Gasteiger partial charge < -0.3 is 14.5 Å². The summed E-state index contributed by atoms with van der Waals surface area (Å²) in [6, 6.07) is 6.19. The van der Waals surface area contributed by atoms with Gasteiger partial charge in [0.05, 0.1) is 30.2 Å². The third-order valence-corrected chi connectivity index (χ3v) is 5.63. The minimum absolute atomic E-state index is 0.0723. The van der Waals surface area contributed by atoms with Crippen LogP contribution in [0.5, 0.6) is 0 Å². The number of benzene rings is 1. The van der Waals surface area contributed by atoms with E-state index in [0.717, 1.165) is 34.6 Å². The number of nitrogens with zero attached hydrogens (tertiary/aromatic N) is 5. The van der Waals surface area contributed by atoms with Gasteiger partial charge in [-0.05, 0) is 48.2 Å². The molecule has 0 spiro atoms. The number of aromatic amines is 1. The minimum Gasteiger partial charge on any atom is -0.424 e. The fourth-order valence-electron chi connectivity index (χ4n) is 3.11. The Labute approximate surface area is 163 Å². The van der Waals surface area contributed by atoms with Gasteiger partial charge in [0.1, 0.15) is 0 Å². The molecule has 1 unspecified atom stereocenters. The van der Waals surface area contributed by atoms with Gasteiger partial charge in [0.25, 0.3) is 5.35 Å². The Hall–Kier alpha value is -2.33. The smallest absolute Gasteiger partial charge is 0.292 e. The average Bonchev–Trinajstić information content (AvgIpc) is 3.41. The van der Waals surface area contributed by atoms with Gasteiger partial charge in [0.15, 0.2) is 17.4 Å². The van der Waals surface area contributed by atoms with Gasteiger partial charge in [0.2, 0.25) is 0 Å². The molecule has 0 amide bonds. The highest BCUT2D eigenvalue weighted by atomic mass is 35.5. The fourth-order valence-corrected chi connectivity index (χ4v) is 4.29. The number of imidazole rings is 1. The van der Waals surface area contributed by atoms with Gasteiger partial charge in [-0.1, -0.05) is 0 Å². The van der Waals surface area contributed by atoms with Gasteiger partial charge in [-0.3, -0.25) is 0 Å². The number of nitrogens with one attached hydrogen (secondary N) is 1. The number of halogens is 1. The van der Waals surface area contributed by atoms with Crippen LogP contribution in [0.25, 0.3) is 28.3 Å². The van der Waals surface area contributed by atoms with Crippen LogP contribution < -0.4 is 0 Å². The second-order valence-electron chi connectivity index (χ2n) is 6.29. The first-order valence-electron chi connectivity index (χ1n) is 8.41. The Morgan fingerprint density at radius 3 is 2.96 bits per heavy atom. The van der Waals surface area contributed by atoms with Gasteiger partial charge in [0, 0.05) is 23.4 Å². The lowest BCUT2D eigenvalue weighted by molar-refractivity contribution is 0.190. The summed E-state index contributed by atoms with van der Waals surface area (Å²) < 4.78 is 9.25. The predicted octanol–water partition coefficient (Wildman–Crippen LogP) is 3.13. The van der Waals surface area contributed by atoms with Crippen LogP contribution in [0, 0.1) is 0 Å². The second kappa shape index (κ2) is 6.68. The number of oxazole rings is 1. The molecule has 1 aromatic carbocycles. The van der Waals surface area contributed by atoms with Crippen LogP contribution in [0.4, 0.5) is 0 Å². The molecule has 1 saturated heterocycles. The van der Waals surface area contributed by atoms with Crippen LogP contribution in [0.1, 0.15) is 6.42 Å². The number of aromatic nitrogens is 5. The van der Waals surface area contributed by atoms with E-state index >= 15 is 0 Å². The zero-order valence-corrected chi connectivity index (χ0v) is 15.6. The molecule has 1 aliphatic rings. The second-order valence-corrected chi connectivity index (χ2v) is 7.79. The Bertz CT molecular complexity index is 1110. The van der Waals surface area contributed by atoms with Crippen molar-refractivity contribution in [2.75, 3.05) is 13.1 Å². The van der Waals surface area contributed by atoms with E-state index in [2.05, 4.69) is 36.5 Å². The van der Waals surface area contributed by atoms with Crippen molar-refractivity contribution in [2.24, 2.45) is 0 Å². The SMILES string of the molecule is OC1CCN(Sc2ccc3c(cnn3-c3cnc(-c4cnc(Cl)o4)[nH]3)c2)C1. The number of rotatable bonds is 4. The van der Waals surface area contributed by atoms with E-state index in [1.165, 1.54) is 6.20 Å². The van der Waals surface area contributed by atoms with E-state index in [1.54, 1.807) is 22.8 Å². The summed E-state index contributed by atoms with van der Waals surface area (Å²) in [5.41, 5.74) is 0.964. The number of hydrogen-bond donors (Lipinski definition) is 2. The molecule has 1 atom stereocenters. The number of aliphatic hydroxyl groups is 1. The summed E-state index contributed by atoms with van der Waals surface area (Å²) in [6.45, 7) is 1.59. The fraction of sp³-hybridized carbons (Fsp3) is 0.235. The van der Waals surface area contributed by atoms with Crippen molar-refractivity contribution >= 4 is 34.5 Å². The summed E-state index contributed by atoms with van der Waals surface area (Å²) in [6.07, 6.45) is 5.63. The highest BCUT2D eigenvalue weighted by molar-refractivity contribution is 7.97. The predicted molar refractivity (Wildman–Crippen MR) is 102 cm³/mol. The lowest BCUT2D eigenvalue weighted by Crippen LogP contribution is -2.13. The molecule has 27 heavy (non-hydrogen) atoms. The number of hydrogen-bond acceptors (Lipinski definition) is 7. The molecule has 4 aromatic rings. The number of β-amino-alcohol motifs (C(OH)–C–C–N with tert-alkyl or cyclic N) is 1. The Balaban J connectivity index is 1.42. The van der Waals surface area contributed by atoms with Crippen LogP contribution in [0.15, 0.2) is 46.1 Å². The van der Waals surface area contributed by atoms with E-state index in [-0.39, 0.29) is 11.5 Å². The molecule has 10 heteroatoms. The van der Waals surface area contributed by atoms with Crippen LogP contribution >= 0.6 is 23.5 Å². The molecular formula is C17H15ClN6O2S. The zero-order chi connectivity index (χ0) is 18.4. The highest BCUT2D eigenvalue weighted by Gasteiger charge is 2.21. The normalized spacial score (nSPS) is 17.9. The Morgan fingerprint density at radius 1 is 1.26 bits per heavy atom. The van der Waals surface area contributed by atoms with Crippen molar-refractivity contribution in [1.82, 2.24) is 29.0 Å². The maximum absolute atomic E-state index is 9.67. The minimum atomic E-state index is -0.224. The van der Waals surface area contributed by atoms with Gasteiger partial charge in [-0.25, -0.2) is 19.0 Å². The monoisotopic (exact) mass is 402 g/mol. The Morgan fingerprint density at radius 2 is 2.19 bits per heavy atom. The lowest BCUT2D eigenvalue weighted by atomic mass is 10.2. The largest absolute Gasteiger partial charge is 0.424 e. The summed E-state index contributed by atoms with van der Waals surface area (Å²) >= 11 is 7.38. The van der Waals surface area contributed by atoms with Crippen molar-refractivity contribution in [3.63, 3.8) is 0 Å². The first-order chi connectivity index (χ1) is 13.2. The molecule has 0 radical (unpaired) electrons.